The van der Waals surface area contributed by atoms with Gasteiger partial charge >= 0.3 is 5.97 Å². The van der Waals surface area contributed by atoms with Crippen LogP contribution in [0.5, 0.6) is 5.75 Å². The summed E-state index contributed by atoms with van der Waals surface area (Å²) in [5.74, 6) is 0.550. The van der Waals surface area contributed by atoms with E-state index in [9.17, 15) is 4.79 Å². The third kappa shape index (κ3) is 1.57. The van der Waals surface area contributed by atoms with Gasteiger partial charge in [-0.25, -0.2) is 4.98 Å². The monoisotopic (exact) mass is 273 g/mol. The zero-order valence-electron chi connectivity index (χ0n) is 11.5. The second-order valence-corrected chi connectivity index (χ2v) is 4.74. The second-order valence-electron chi connectivity index (χ2n) is 4.74. The van der Waals surface area contributed by atoms with Crippen molar-refractivity contribution in [1.29, 1.82) is 0 Å². The molecule has 0 aliphatic rings. The molecular weight excluding hydrogens is 258 g/mol. The number of hydrogen-bond acceptors (Lipinski definition) is 3. The van der Waals surface area contributed by atoms with Crippen molar-refractivity contribution in [2.75, 3.05) is 7.11 Å². The van der Waals surface area contributed by atoms with Crippen molar-refractivity contribution in [3.63, 3.8) is 0 Å². The molecule has 6 nitrogen and oxygen atoms in total. The minimum atomic E-state index is -0.856. The summed E-state index contributed by atoms with van der Waals surface area (Å²) in [4.78, 5) is 15.7. The number of benzene rings is 1. The van der Waals surface area contributed by atoms with Gasteiger partial charge < -0.3 is 14.4 Å². The van der Waals surface area contributed by atoms with Gasteiger partial charge in [-0.15, -0.1) is 0 Å². The summed E-state index contributed by atoms with van der Waals surface area (Å²) >= 11 is 0. The van der Waals surface area contributed by atoms with E-state index in [1.165, 1.54) is 0 Å². The number of ether oxygens (including phenoxy) is 1. The quantitative estimate of drug-likeness (QED) is 0.789. The number of imidazole rings is 2. The maximum Gasteiger partial charge on any atom is 0.309 e. The highest BCUT2D eigenvalue weighted by atomic mass is 16.5. The van der Waals surface area contributed by atoms with Crippen molar-refractivity contribution in [2.45, 2.75) is 13.3 Å². The Hall–Kier alpha value is -2.50. The summed E-state index contributed by atoms with van der Waals surface area (Å²) in [5, 5.41) is 9.10. The number of aliphatic carboxylic acids is 1. The van der Waals surface area contributed by atoms with Gasteiger partial charge in [0.25, 0.3) is 0 Å². The molecule has 1 N–H and O–H groups in total. The molecule has 2 aromatic heterocycles. The largest absolute Gasteiger partial charge is 0.494 e. The Kier molecular flexibility index (Phi) is 2.67. The fourth-order valence-corrected chi connectivity index (χ4v) is 2.57. The smallest absolute Gasteiger partial charge is 0.309 e. The molecule has 0 fully saturated rings. The molecule has 0 saturated carbocycles. The van der Waals surface area contributed by atoms with Crippen LogP contribution in [0.4, 0.5) is 0 Å². The lowest BCUT2D eigenvalue weighted by Gasteiger charge is -2.02. The van der Waals surface area contributed by atoms with Crippen LogP contribution in [0.1, 0.15) is 11.4 Å². The summed E-state index contributed by atoms with van der Waals surface area (Å²) in [6.07, 6.45) is -0.0359. The first-order valence-corrected chi connectivity index (χ1v) is 6.25. The molecule has 0 atom stereocenters. The maximum absolute atomic E-state index is 11.1. The van der Waals surface area contributed by atoms with E-state index in [0.29, 0.717) is 5.75 Å². The van der Waals surface area contributed by atoms with Crippen molar-refractivity contribution >= 4 is 22.8 Å². The highest BCUT2D eigenvalue weighted by molar-refractivity contribution is 5.86. The molecule has 20 heavy (non-hydrogen) atoms. The van der Waals surface area contributed by atoms with Crippen molar-refractivity contribution in [1.82, 2.24) is 14.0 Å². The SMILES string of the molecule is COc1cccc2c1nc1n(C)c(C)c(CC(=O)O)n21. The first-order chi connectivity index (χ1) is 9.54. The lowest BCUT2D eigenvalue weighted by molar-refractivity contribution is -0.136. The molecule has 0 aliphatic heterocycles. The molecule has 3 aromatic rings. The number of hydrogen-bond donors (Lipinski definition) is 1. The Bertz CT molecular complexity index is 829. The number of carboxylic acids is 1. The molecule has 0 saturated heterocycles. The molecule has 0 amide bonds. The molecule has 2 heterocycles. The van der Waals surface area contributed by atoms with Crippen LogP contribution in [0.15, 0.2) is 18.2 Å². The predicted octanol–water partition coefficient (Wildman–Crippen LogP) is 1.77. The van der Waals surface area contributed by atoms with E-state index in [1.54, 1.807) is 7.11 Å². The van der Waals surface area contributed by atoms with Gasteiger partial charge in [-0.3, -0.25) is 9.20 Å². The lowest BCUT2D eigenvalue weighted by atomic mass is 10.2. The second kappa shape index (κ2) is 4.26. The average molecular weight is 273 g/mol. The number of aryl methyl sites for hydroxylation is 1. The van der Waals surface area contributed by atoms with Crippen molar-refractivity contribution in [3.05, 3.63) is 29.6 Å². The minimum absolute atomic E-state index is 0.0359. The number of carbonyl (C=O) groups is 1. The van der Waals surface area contributed by atoms with Crippen LogP contribution in [0.3, 0.4) is 0 Å². The van der Waals surface area contributed by atoms with E-state index in [0.717, 1.165) is 28.2 Å². The molecular formula is C14H15N3O3. The van der Waals surface area contributed by atoms with Gasteiger partial charge in [0, 0.05) is 12.7 Å². The molecule has 3 rings (SSSR count). The zero-order valence-corrected chi connectivity index (χ0v) is 11.5. The van der Waals surface area contributed by atoms with Crippen molar-refractivity contribution < 1.29 is 14.6 Å². The van der Waals surface area contributed by atoms with Crippen LogP contribution in [-0.4, -0.2) is 32.1 Å². The van der Waals surface area contributed by atoms with Crippen molar-refractivity contribution in [2.24, 2.45) is 7.05 Å². The predicted molar refractivity (Wildman–Crippen MR) is 74.3 cm³/mol. The number of methoxy groups -OCH3 is 1. The first kappa shape index (κ1) is 12.5. The van der Waals surface area contributed by atoms with Gasteiger partial charge in [0.1, 0.15) is 11.3 Å². The average Bonchev–Trinajstić information content (AvgIpc) is 2.90. The third-order valence-corrected chi connectivity index (χ3v) is 3.66. The van der Waals surface area contributed by atoms with E-state index >= 15 is 0 Å². The highest BCUT2D eigenvalue weighted by Crippen LogP contribution is 2.28. The van der Waals surface area contributed by atoms with Crippen LogP contribution in [-0.2, 0) is 18.3 Å². The van der Waals surface area contributed by atoms with E-state index < -0.39 is 5.97 Å². The Morgan fingerprint density at radius 3 is 2.85 bits per heavy atom. The summed E-state index contributed by atoms with van der Waals surface area (Å²) in [7, 11) is 3.48. The summed E-state index contributed by atoms with van der Waals surface area (Å²) in [6.45, 7) is 1.90. The molecule has 104 valence electrons. The molecule has 0 bridgehead atoms. The topological polar surface area (TPSA) is 68.8 Å². The molecule has 0 spiro atoms. The van der Waals surface area contributed by atoms with E-state index in [4.69, 9.17) is 9.84 Å². The Morgan fingerprint density at radius 1 is 1.45 bits per heavy atom. The Labute approximate surface area is 115 Å². The van der Waals surface area contributed by atoms with Gasteiger partial charge in [-0.2, -0.15) is 0 Å². The summed E-state index contributed by atoms with van der Waals surface area (Å²) in [5.41, 5.74) is 3.25. The first-order valence-electron chi connectivity index (χ1n) is 6.25. The fourth-order valence-electron chi connectivity index (χ4n) is 2.57. The van der Waals surface area contributed by atoms with Gasteiger partial charge in [-0.1, -0.05) is 6.07 Å². The Balaban J connectivity index is 2.44. The van der Waals surface area contributed by atoms with Crippen LogP contribution < -0.4 is 4.74 Å². The summed E-state index contributed by atoms with van der Waals surface area (Å²) < 4.78 is 9.11. The van der Waals surface area contributed by atoms with Gasteiger partial charge in [0.15, 0.2) is 0 Å². The van der Waals surface area contributed by atoms with Crippen LogP contribution in [0.25, 0.3) is 16.8 Å². The number of fused-ring (bicyclic) bond motifs is 3. The highest BCUT2D eigenvalue weighted by Gasteiger charge is 2.20. The third-order valence-electron chi connectivity index (χ3n) is 3.66. The lowest BCUT2D eigenvalue weighted by Crippen LogP contribution is -2.05. The molecule has 6 heteroatoms. The number of rotatable bonds is 3. The van der Waals surface area contributed by atoms with E-state index in [-0.39, 0.29) is 6.42 Å². The van der Waals surface area contributed by atoms with E-state index in [2.05, 4.69) is 4.98 Å². The molecule has 0 radical (unpaired) electrons. The van der Waals surface area contributed by atoms with Crippen LogP contribution >= 0.6 is 0 Å². The molecule has 0 unspecified atom stereocenters. The molecule has 1 aromatic carbocycles. The molecule has 0 aliphatic carbocycles. The number of aromatic nitrogens is 3. The van der Waals surface area contributed by atoms with E-state index in [1.807, 2.05) is 41.1 Å². The normalized spacial score (nSPS) is 11.3. The number of carboxylic acid groups (broad SMARTS) is 1. The van der Waals surface area contributed by atoms with Crippen LogP contribution in [0.2, 0.25) is 0 Å². The van der Waals surface area contributed by atoms with Crippen LogP contribution in [0, 0.1) is 6.92 Å². The van der Waals surface area contributed by atoms with Gasteiger partial charge in [0.2, 0.25) is 5.78 Å². The fraction of sp³-hybridized carbons (Fsp3) is 0.286. The maximum atomic E-state index is 11.1. The standard InChI is InChI=1S/C14H15N3O3/c1-8-10(7-12(18)19)17-9-5-4-6-11(20-3)13(9)15-14(17)16(8)2/h4-6H,7H2,1-3H3,(H,18,19). The number of nitrogens with zero attached hydrogens (tertiary/aromatic N) is 3. The number of para-hydroxylation sites is 1. The van der Waals surface area contributed by atoms with Gasteiger partial charge in [-0.05, 0) is 19.1 Å². The minimum Gasteiger partial charge on any atom is -0.494 e. The Morgan fingerprint density at radius 2 is 2.20 bits per heavy atom. The zero-order chi connectivity index (χ0) is 14.4. The van der Waals surface area contributed by atoms with Gasteiger partial charge in [0.05, 0.1) is 24.7 Å². The summed E-state index contributed by atoms with van der Waals surface area (Å²) in [6, 6.07) is 5.64. The van der Waals surface area contributed by atoms with Crippen molar-refractivity contribution in [3.8, 4) is 5.75 Å².